The van der Waals surface area contributed by atoms with Gasteiger partial charge >= 0.3 is 5.97 Å². The van der Waals surface area contributed by atoms with Crippen molar-refractivity contribution in [2.24, 2.45) is 17.8 Å². The zero-order chi connectivity index (χ0) is 28.7. The van der Waals surface area contributed by atoms with Crippen LogP contribution < -0.4 is 4.90 Å². The Labute approximate surface area is 240 Å². The first-order valence-corrected chi connectivity index (χ1v) is 14.8. The largest absolute Gasteiger partial charge is 0.465 e. The summed E-state index contributed by atoms with van der Waals surface area (Å²) in [5, 5.41) is 11.1. The summed E-state index contributed by atoms with van der Waals surface area (Å²) in [4.78, 5) is 46.1. The number of esters is 1. The van der Waals surface area contributed by atoms with Crippen LogP contribution in [0.3, 0.4) is 0 Å². The lowest BCUT2D eigenvalue weighted by atomic mass is 9.73. The molecular formula is C31H39ClN2O6. The van der Waals surface area contributed by atoms with E-state index in [4.69, 9.17) is 21.1 Å². The Bertz CT molecular complexity index is 1200. The molecule has 2 amide bonds. The average Bonchev–Trinajstić information content (AvgIpc) is 3.29. The number of cyclic esters (lactones) is 1. The lowest BCUT2D eigenvalue weighted by Crippen LogP contribution is -2.59. The zero-order valence-electron chi connectivity index (χ0n) is 23.4. The Hall–Kier alpha value is -2.68. The van der Waals surface area contributed by atoms with Gasteiger partial charge in [-0.25, -0.2) is 0 Å². The number of fused-ring (bicyclic) bond motifs is 2. The van der Waals surface area contributed by atoms with E-state index >= 15 is 0 Å². The normalized spacial score (nSPS) is 33.8. The Morgan fingerprint density at radius 2 is 1.80 bits per heavy atom. The molecule has 1 N–H and O–H groups in total. The minimum Gasteiger partial charge on any atom is -0.465 e. The van der Waals surface area contributed by atoms with Crippen LogP contribution in [0.5, 0.6) is 0 Å². The Morgan fingerprint density at radius 1 is 1.05 bits per heavy atom. The first-order valence-electron chi connectivity index (χ1n) is 14.4. The number of amides is 2. The number of carbonyl (C=O) groups excluding carboxylic acids is 3. The van der Waals surface area contributed by atoms with Crippen molar-refractivity contribution in [3.63, 3.8) is 0 Å². The fourth-order valence-electron chi connectivity index (χ4n) is 7.04. The molecule has 2 saturated heterocycles. The van der Waals surface area contributed by atoms with E-state index in [0.717, 1.165) is 19.3 Å². The molecule has 9 heteroatoms. The minimum absolute atomic E-state index is 0.155. The summed E-state index contributed by atoms with van der Waals surface area (Å²) in [6, 6.07) is 5.29. The molecule has 2 fully saturated rings. The number of aliphatic hydroxyl groups is 1. The fourth-order valence-corrected chi connectivity index (χ4v) is 7.17. The van der Waals surface area contributed by atoms with Gasteiger partial charge in [0.05, 0.1) is 25.2 Å². The van der Waals surface area contributed by atoms with Crippen LogP contribution in [-0.2, 0) is 23.9 Å². The quantitative estimate of drug-likeness (QED) is 0.405. The number of benzene rings is 1. The molecule has 0 bridgehead atoms. The number of aliphatic hydroxyl groups excluding tert-OH is 1. The van der Waals surface area contributed by atoms with Gasteiger partial charge in [-0.3, -0.25) is 14.4 Å². The second-order valence-corrected chi connectivity index (χ2v) is 12.2. The molecule has 8 nitrogen and oxygen atoms in total. The van der Waals surface area contributed by atoms with Crippen molar-refractivity contribution < 1.29 is 29.0 Å². The Kier molecular flexibility index (Phi) is 8.15. The number of hydrogen-bond acceptors (Lipinski definition) is 6. The SMILES string of the molecule is CC[C@]12/C=C\CCCCOC(=O)[C@H]1[C@H]1C(=O)N([C@@H](CO)CC(C)C)C3C(=O)N(c4ccc(Cl)cc4)CC=C[C@@]31O2. The van der Waals surface area contributed by atoms with E-state index in [1.807, 2.05) is 45.1 Å². The highest BCUT2D eigenvalue weighted by molar-refractivity contribution is 6.30. The monoisotopic (exact) mass is 570 g/mol. The van der Waals surface area contributed by atoms with Crippen molar-refractivity contribution >= 4 is 35.1 Å². The lowest BCUT2D eigenvalue weighted by Gasteiger charge is -2.41. The molecule has 0 aliphatic carbocycles. The maximum atomic E-state index is 14.6. The van der Waals surface area contributed by atoms with Gasteiger partial charge in [-0.15, -0.1) is 0 Å². The summed E-state index contributed by atoms with van der Waals surface area (Å²) in [7, 11) is 0. The molecule has 0 saturated carbocycles. The lowest BCUT2D eigenvalue weighted by molar-refractivity contribution is -0.161. The molecule has 4 aliphatic rings. The summed E-state index contributed by atoms with van der Waals surface area (Å²) in [6.07, 6.45) is 11.0. The number of rotatable bonds is 6. The summed E-state index contributed by atoms with van der Waals surface area (Å²) < 4.78 is 12.7. The molecule has 1 spiro atoms. The second kappa shape index (κ2) is 11.3. The number of hydrogen-bond donors (Lipinski definition) is 1. The van der Waals surface area contributed by atoms with Crippen molar-refractivity contribution in [3.05, 3.63) is 53.6 Å². The Morgan fingerprint density at radius 3 is 2.48 bits per heavy atom. The van der Waals surface area contributed by atoms with E-state index < -0.39 is 41.1 Å². The van der Waals surface area contributed by atoms with Crippen molar-refractivity contribution in [3.8, 4) is 0 Å². The minimum atomic E-state index is -1.40. The van der Waals surface area contributed by atoms with Gasteiger partial charge in [0.1, 0.15) is 23.2 Å². The van der Waals surface area contributed by atoms with Crippen LogP contribution in [0, 0.1) is 17.8 Å². The van der Waals surface area contributed by atoms with Crippen molar-refractivity contribution in [1.29, 1.82) is 0 Å². The van der Waals surface area contributed by atoms with E-state index in [1.165, 1.54) is 4.90 Å². The predicted octanol–water partition coefficient (Wildman–Crippen LogP) is 4.29. The summed E-state index contributed by atoms with van der Waals surface area (Å²) in [5.41, 5.74) is -1.87. The number of likely N-dealkylation sites (tertiary alicyclic amines) is 1. The van der Waals surface area contributed by atoms with Crippen molar-refractivity contribution in [2.75, 3.05) is 24.7 Å². The predicted molar refractivity (Wildman–Crippen MR) is 152 cm³/mol. The first-order chi connectivity index (χ1) is 19.2. The average molecular weight is 571 g/mol. The van der Waals surface area contributed by atoms with Crippen molar-refractivity contribution in [2.45, 2.75) is 76.2 Å². The number of allylic oxidation sites excluding steroid dienone is 1. The third kappa shape index (κ3) is 4.68. The molecule has 0 aromatic heterocycles. The van der Waals surface area contributed by atoms with Gasteiger partial charge in [0.2, 0.25) is 5.91 Å². The van der Waals surface area contributed by atoms with Crippen LogP contribution in [0.2, 0.25) is 5.02 Å². The topological polar surface area (TPSA) is 96.4 Å². The number of nitrogens with zero attached hydrogens (tertiary/aromatic N) is 2. The molecule has 4 aliphatic heterocycles. The molecule has 0 radical (unpaired) electrons. The van der Waals surface area contributed by atoms with Crippen LogP contribution in [-0.4, -0.2) is 70.8 Å². The second-order valence-electron chi connectivity index (χ2n) is 11.7. The number of halogens is 1. The molecule has 40 heavy (non-hydrogen) atoms. The summed E-state index contributed by atoms with van der Waals surface area (Å²) in [5.74, 6) is -2.90. The fraction of sp³-hybridized carbons (Fsp3) is 0.581. The van der Waals surface area contributed by atoms with Gasteiger partial charge in [-0.05, 0) is 62.3 Å². The van der Waals surface area contributed by atoms with Crippen LogP contribution in [0.15, 0.2) is 48.6 Å². The van der Waals surface area contributed by atoms with Crippen LogP contribution >= 0.6 is 11.6 Å². The molecule has 1 aromatic carbocycles. The summed E-state index contributed by atoms with van der Waals surface area (Å²) in [6.45, 7) is 6.18. The third-order valence-corrected chi connectivity index (χ3v) is 9.06. The van der Waals surface area contributed by atoms with Gasteiger partial charge in [-0.2, -0.15) is 0 Å². The van der Waals surface area contributed by atoms with E-state index in [0.29, 0.717) is 23.6 Å². The van der Waals surface area contributed by atoms with Crippen LogP contribution in [0.1, 0.15) is 52.9 Å². The Balaban J connectivity index is 1.69. The van der Waals surface area contributed by atoms with Gasteiger partial charge < -0.3 is 24.4 Å². The highest BCUT2D eigenvalue weighted by atomic mass is 35.5. The first kappa shape index (κ1) is 28.8. The maximum Gasteiger partial charge on any atom is 0.313 e. The highest BCUT2D eigenvalue weighted by Gasteiger charge is 2.75. The zero-order valence-corrected chi connectivity index (χ0v) is 24.2. The molecule has 1 unspecified atom stereocenters. The molecule has 4 heterocycles. The number of anilines is 1. The third-order valence-electron chi connectivity index (χ3n) is 8.81. The smallest absolute Gasteiger partial charge is 0.313 e. The molecule has 6 atom stereocenters. The molecule has 1 aromatic rings. The summed E-state index contributed by atoms with van der Waals surface area (Å²) >= 11 is 6.13. The van der Waals surface area contributed by atoms with Gasteiger partial charge in [0.15, 0.2) is 0 Å². The molecule has 216 valence electrons. The van der Waals surface area contributed by atoms with E-state index in [-0.39, 0.29) is 37.5 Å². The van der Waals surface area contributed by atoms with Gasteiger partial charge in [-0.1, -0.05) is 56.7 Å². The van der Waals surface area contributed by atoms with Crippen LogP contribution in [0.4, 0.5) is 5.69 Å². The van der Waals surface area contributed by atoms with E-state index in [2.05, 4.69) is 0 Å². The van der Waals surface area contributed by atoms with Gasteiger partial charge in [0, 0.05) is 17.3 Å². The number of ether oxygens (including phenoxy) is 2. The molecular weight excluding hydrogens is 532 g/mol. The van der Waals surface area contributed by atoms with Crippen molar-refractivity contribution in [1.82, 2.24) is 4.90 Å². The molecule has 5 rings (SSSR count). The van der Waals surface area contributed by atoms with Crippen LogP contribution in [0.25, 0.3) is 0 Å². The highest BCUT2D eigenvalue weighted by Crippen LogP contribution is 2.58. The van der Waals surface area contributed by atoms with E-state index in [1.54, 1.807) is 29.2 Å². The maximum absolute atomic E-state index is 14.6. The van der Waals surface area contributed by atoms with Gasteiger partial charge in [0.25, 0.3) is 5.91 Å². The van der Waals surface area contributed by atoms with E-state index in [9.17, 15) is 19.5 Å². The number of carbonyl (C=O) groups is 3. The standard InChI is InChI=1S/C31H39ClN2O6/c1-4-30-14-7-5-6-8-17-39-29(38)25(30)24-27(36)34(23(19-35)18-20(2)3)26-28(37)33(16-9-15-31(24,26)40-30)22-12-10-21(32)11-13-22/h7,9-15,20,23-26,35H,4-6,8,16-19H2,1-3H3/b14-7-/t23-,24+,25-,26?,30+,31+/m1/s1.